The molecule has 0 aliphatic carbocycles. The Kier molecular flexibility index (Phi) is 2.85. The first-order valence-corrected chi connectivity index (χ1v) is 4.01. The van der Waals surface area contributed by atoms with E-state index in [1.807, 2.05) is 0 Å². The van der Waals surface area contributed by atoms with Crippen LogP contribution in [0.4, 0.5) is 0 Å². The minimum Gasteiger partial charge on any atom is -0.478 e. The molecule has 0 atom stereocenters. The van der Waals surface area contributed by atoms with Crippen LogP contribution in [-0.4, -0.2) is 26.8 Å². The highest BCUT2D eigenvalue weighted by Crippen LogP contribution is 2.05. The number of aromatic nitrogens is 2. The lowest BCUT2D eigenvalue weighted by atomic mass is 10.2. The van der Waals surface area contributed by atoms with E-state index in [4.69, 9.17) is 5.11 Å². The van der Waals surface area contributed by atoms with Crippen molar-refractivity contribution in [2.75, 3.05) is 0 Å². The number of rotatable bonds is 3. The SMILES string of the molecule is CC(=O)NCc1nn(C)cc1C(=O)O. The fourth-order valence-corrected chi connectivity index (χ4v) is 1.05. The minimum atomic E-state index is -1.04. The summed E-state index contributed by atoms with van der Waals surface area (Å²) in [6.45, 7) is 1.50. The van der Waals surface area contributed by atoms with Gasteiger partial charge in [-0.3, -0.25) is 9.48 Å². The summed E-state index contributed by atoms with van der Waals surface area (Å²) in [4.78, 5) is 21.3. The lowest BCUT2D eigenvalue weighted by Crippen LogP contribution is -2.20. The third-order valence-electron chi connectivity index (χ3n) is 1.64. The van der Waals surface area contributed by atoms with E-state index in [-0.39, 0.29) is 18.0 Å². The number of aryl methyl sites for hydroxylation is 1. The van der Waals surface area contributed by atoms with Crippen molar-refractivity contribution in [3.8, 4) is 0 Å². The first kappa shape index (κ1) is 10.2. The maximum absolute atomic E-state index is 10.7. The average Bonchev–Trinajstić information content (AvgIpc) is 2.43. The Labute approximate surface area is 80.5 Å². The van der Waals surface area contributed by atoms with E-state index in [1.165, 1.54) is 17.8 Å². The third kappa shape index (κ3) is 2.32. The molecule has 0 aromatic carbocycles. The summed E-state index contributed by atoms with van der Waals surface area (Å²) >= 11 is 0. The number of carboxylic acid groups (broad SMARTS) is 1. The molecule has 6 heteroatoms. The number of amides is 1. The van der Waals surface area contributed by atoms with E-state index in [9.17, 15) is 9.59 Å². The molecule has 0 aliphatic heterocycles. The lowest BCUT2D eigenvalue weighted by molar-refractivity contribution is -0.119. The maximum atomic E-state index is 10.7. The molecule has 76 valence electrons. The van der Waals surface area contributed by atoms with Crippen molar-refractivity contribution < 1.29 is 14.7 Å². The Morgan fingerprint density at radius 1 is 1.64 bits per heavy atom. The van der Waals surface area contributed by atoms with E-state index in [2.05, 4.69) is 10.4 Å². The van der Waals surface area contributed by atoms with Crippen LogP contribution in [-0.2, 0) is 18.4 Å². The number of hydrogen-bond acceptors (Lipinski definition) is 3. The van der Waals surface area contributed by atoms with E-state index in [0.717, 1.165) is 0 Å². The predicted molar refractivity (Wildman–Crippen MR) is 47.7 cm³/mol. The third-order valence-corrected chi connectivity index (χ3v) is 1.64. The van der Waals surface area contributed by atoms with Crippen molar-refractivity contribution in [3.63, 3.8) is 0 Å². The fourth-order valence-electron chi connectivity index (χ4n) is 1.05. The highest BCUT2D eigenvalue weighted by Gasteiger charge is 2.13. The molecule has 0 aliphatic rings. The smallest absolute Gasteiger partial charge is 0.339 e. The van der Waals surface area contributed by atoms with Crippen LogP contribution >= 0.6 is 0 Å². The number of carboxylic acids is 1. The molecule has 0 radical (unpaired) electrons. The van der Waals surface area contributed by atoms with E-state index in [1.54, 1.807) is 7.05 Å². The average molecular weight is 197 g/mol. The Bertz CT molecular complexity index is 370. The molecule has 0 saturated carbocycles. The standard InChI is InChI=1S/C8H11N3O3/c1-5(12)9-3-7-6(8(13)14)4-11(2)10-7/h4H,3H2,1-2H3,(H,9,12)(H,13,14). The van der Waals surface area contributed by atoms with Crippen LogP contribution in [0.1, 0.15) is 23.0 Å². The molecule has 1 rings (SSSR count). The van der Waals surface area contributed by atoms with Gasteiger partial charge < -0.3 is 10.4 Å². The van der Waals surface area contributed by atoms with Gasteiger partial charge in [0.15, 0.2) is 0 Å². The highest BCUT2D eigenvalue weighted by atomic mass is 16.4. The van der Waals surface area contributed by atoms with Gasteiger partial charge in [0, 0.05) is 20.2 Å². The summed E-state index contributed by atoms with van der Waals surface area (Å²) in [6, 6.07) is 0. The number of carbonyl (C=O) groups is 2. The summed E-state index contributed by atoms with van der Waals surface area (Å²) < 4.78 is 1.40. The first-order chi connectivity index (χ1) is 6.50. The van der Waals surface area contributed by atoms with Gasteiger partial charge in [0.25, 0.3) is 0 Å². The Balaban J connectivity index is 2.84. The second-order valence-electron chi connectivity index (χ2n) is 2.88. The van der Waals surface area contributed by atoms with Crippen LogP contribution in [0.15, 0.2) is 6.20 Å². The predicted octanol–water partition coefficient (Wildman–Crippen LogP) is -0.246. The Hall–Kier alpha value is -1.85. The summed E-state index contributed by atoms with van der Waals surface area (Å²) in [5, 5.41) is 15.2. The van der Waals surface area contributed by atoms with Gasteiger partial charge >= 0.3 is 5.97 Å². The van der Waals surface area contributed by atoms with Gasteiger partial charge in [-0.1, -0.05) is 0 Å². The van der Waals surface area contributed by atoms with Crippen LogP contribution in [0.3, 0.4) is 0 Å². The molecule has 1 aromatic heterocycles. The summed E-state index contributed by atoms with van der Waals surface area (Å²) in [7, 11) is 1.63. The Morgan fingerprint density at radius 3 is 2.79 bits per heavy atom. The van der Waals surface area contributed by atoms with Gasteiger partial charge in [-0.2, -0.15) is 5.10 Å². The summed E-state index contributed by atoms with van der Waals surface area (Å²) in [6.07, 6.45) is 1.40. The quantitative estimate of drug-likeness (QED) is 0.700. The number of carbonyl (C=O) groups excluding carboxylic acids is 1. The van der Waals surface area contributed by atoms with Crippen LogP contribution in [0, 0.1) is 0 Å². The molecule has 0 bridgehead atoms. The number of nitrogens with one attached hydrogen (secondary N) is 1. The second kappa shape index (κ2) is 3.91. The fraction of sp³-hybridized carbons (Fsp3) is 0.375. The van der Waals surface area contributed by atoms with Crippen molar-refractivity contribution in [1.82, 2.24) is 15.1 Å². The molecule has 1 aromatic rings. The molecule has 2 N–H and O–H groups in total. The van der Waals surface area contributed by atoms with Gasteiger partial charge in [0.1, 0.15) is 5.56 Å². The molecule has 0 unspecified atom stereocenters. The lowest BCUT2D eigenvalue weighted by Gasteiger charge is -1.98. The zero-order chi connectivity index (χ0) is 10.7. The highest BCUT2D eigenvalue weighted by molar-refractivity contribution is 5.88. The van der Waals surface area contributed by atoms with Crippen molar-refractivity contribution in [3.05, 3.63) is 17.5 Å². The van der Waals surface area contributed by atoms with E-state index < -0.39 is 5.97 Å². The maximum Gasteiger partial charge on any atom is 0.339 e. The molecule has 1 amide bonds. The molecule has 6 nitrogen and oxygen atoms in total. The molecular weight excluding hydrogens is 186 g/mol. The monoisotopic (exact) mass is 197 g/mol. The van der Waals surface area contributed by atoms with Crippen molar-refractivity contribution in [1.29, 1.82) is 0 Å². The van der Waals surface area contributed by atoms with Gasteiger partial charge in [0.05, 0.1) is 12.2 Å². The van der Waals surface area contributed by atoms with Crippen molar-refractivity contribution in [2.45, 2.75) is 13.5 Å². The normalized spacial score (nSPS) is 9.86. The molecule has 0 fully saturated rings. The summed E-state index contributed by atoms with van der Waals surface area (Å²) in [5.41, 5.74) is 0.469. The Morgan fingerprint density at radius 2 is 2.29 bits per heavy atom. The molecule has 14 heavy (non-hydrogen) atoms. The largest absolute Gasteiger partial charge is 0.478 e. The number of nitrogens with zero attached hydrogens (tertiary/aromatic N) is 2. The molecular formula is C8H11N3O3. The van der Waals surface area contributed by atoms with E-state index in [0.29, 0.717) is 5.69 Å². The molecule has 0 spiro atoms. The van der Waals surface area contributed by atoms with Crippen LogP contribution < -0.4 is 5.32 Å². The minimum absolute atomic E-state index is 0.112. The van der Waals surface area contributed by atoms with Crippen LogP contribution in [0.25, 0.3) is 0 Å². The zero-order valence-electron chi connectivity index (χ0n) is 7.94. The van der Waals surface area contributed by atoms with E-state index >= 15 is 0 Å². The van der Waals surface area contributed by atoms with Crippen molar-refractivity contribution in [2.24, 2.45) is 7.05 Å². The first-order valence-electron chi connectivity index (χ1n) is 4.01. The number of aromatic carboxylic acids is 1. The number of hydrogen-bond donors (Lipinski definition) is 2. The summed E-state index contributed by atoms with van der Waals surface area (Å²) in [5.74, 6) is -1.26. The molecule has 0 saturated heterocycles. The second-order valence-corrected chi connectivity index (χ2v) is 2.88. The topological polar surface area (TPSA) is 84.2 Å². The van der Waals surface area contributed by atoms with Gasteiger partial charge in [-0.05, 0) is 0 Å². The van der Waals surface area contributed by atoms with Gasteiger partial charge in [0.2, 0.25) is 5.91 Å². The zero-order valence-corrected chi connectivity index (χ0v) is 7.94. The van der Waals surface area contributed by atoms with Crippen LogP contribution in [0.2, 0.25) is 0 Å². The molecule has 1 heterocycles. The van der Waals surface area contributed by atoms with Crippen LogP contribution in [0.5, 0.6) is 0 Å². The van der Waals surface area contributed by atoms with Gasteiger partial charge in [-0.15, -0.1) is 0 Å². The van der Waals surface area contributed by atoms with Gasteiger partial charge in [-0.25, -0.2) is 4.79 Å². The van der Waals surface area contributed by atoms with Crippen molar-refractivity contribution >= 4 is 11.9 Å².